The highest BCUT2D eigenvalue weighted by molar-refractivity contribution is 14.1. The standard InChI is InChI=1S/C33H26Cl2F5IN2O6/c1-49-18-10-12(9-17(41)27(18)44)20-14-7-8-15-19(29(46)42(28(15)45)13-5-3-2-4-6-13)16(14)11-32(34)30(47)43(31(48)33(20,32)35)26-24(39)22(37)21(36)23(38)25(26)40/h7,9-10,13,15-16,19-20,44H,2-6,8,11H2,1H3/t15-,16+,19-,20-,32+,33-/m0/s1. The van der Waals surface area contributed by atoms with Crippen LogP contribution in [0.1, 0.15) is 56.4 Å². The van der Waals surface area contributed by atoms with Gasteiger partial charge in [-0.3, -0.25) is 24.1 Å². The molecular weight excluding hydrogens is 813 g/mol. The summed E-state index contributed by atoms with van der Waals surface area (Å²) in [6.45, 7) is 0. The molecule has 2 saturated heterocycles. The number of hydrogen-bond donors (Lipinski definition) is 1. The minimum Gasteiger partial charge on any atom is -0.504 e. The number of aromatic hydroxyl groups is 1. The predicted octanol–water partition coefficient (Wildman–Crippen LogP) is 6.60. The van der Waals surface area contributed by atoms with Crippen LogP contribution in [0.4, 0.5) is 27.6 Å². The van der Waals surface area contributed by atoms with Crippen LogP contribution < -0.4 is 9.64 Å². The molecule has 6 atom stereocenters. The first kappa shape index (κ1) is 34.5. The molecule has 0 spiro atoms. The normalized spacial score (nSPS) is 31.6. The molecule has 0 bridgehead atoms. The Kier molecular flexibility index (Phi) is 8.29. The largest absolute Gasteiger partial charge is 0.504 e. The second kappa shape index (κ2) is 11.8. The molecule has 0 aromatic heterocycles. The number of nitrogens with zero attached hydrogens (tertiary/aromatic N) is 2. The number of halogens is 8. The van der Waals surface area contributed by atoms with Crippen molar-refractivity contribution in [1.29, 1.82) is 0 Å². The number of anilines is 1. The van der Waals surface area contributed by atoms with Crippen LogP contribution in [0.25, 0.3) is 0 Å². The fourth-order valence-electron chi connectivity index (χ4n) is 8.58. The van der Waals surface area contributed by atoms with Gasteiger partial charge >= 0.3 is 0 Å². The smallest absolute Gasteiger partial charge is 0.258 e. The lowest BCUT2D eigenvalue weighted by atomic mass is 9.56. The van der Waals surface area contributed by atoms with E-state index in [2.05, 4.69) is 0 Å². The molecule has 2 aromatic rings. The SMILES string of the molecule is COc1cc([C@H]2C3=CC[C@@H]4C(=O)N(C5CCCCC5)C(=O)[C@@H]4[C@@H]3C[C@@]3(Cl)C(=O)N(c4c(F)c(F)c(F)c(F)c4F)C(=O)[C@@]23Cl)cc(I)c1O. The predicted molar refractivity (Wildman–Crippen MR) is 173 cm³/mol. The van der Waals surface area contributed by atoms with Gasteiger partial charge in [0.2, 0.25) is 17.6 Å². The summed E-state index contributed by atoms with van der Waals surface area (Å²) in [6, 6.07) is 2.41. The fraction of sp³-hybridized carbons (Fsp3) is 0.455. The summed E-state index contributed by atoms with van der Waals surface area (Å²) >= 11 is 16.1. The zero-order chi connectivity index (χ0) is 35.5. The number of rotatable bonds is 4. The maximum absolute atomic E-state index is 15.2. The Hall–Kier alpha value is -2.98. The van der Waals surface area contributed by atoms with E-state index in [1.807, 2.05) is 0 Å². The van der Waals surface area contributed by atoms with E-state index < -0.39 is 92.3 Å². The second-order valence-corrected chi connectivity index (χ2v) is 15.5. The summed E-state index contributed by atoms with van der Waals surface area (Å²) in [5, 5.41) is 10.6. The lowest BCUT2D eigenvalue weighted by molar-refractivity contribution is -0.143. The van der Waals surface area contributed by atoms with E-state index in [0.29, 0.717) is 18.4 Å². The number of carbonyl (C=O) groups is 4. The molecule has 0 radical (unpaired) electrons. The van der Waals surface area contributed by atoms with Gasteiger partial charge in [0.25, 0.3) is 11.8 Å². The highest BCUT2D eigenvalue weighted by atomic mass is 127. The van der Waals surface area contributed by atoms with Gasteiger partial charge in [-0.05, 0) is 71.9 Å². The third-order valence-electron chi connectivity index (χ3n) is 10.8. The number of carbonyl (C=O) groups excluding carboxylic acids is 4. The third-order valence-corrected chi connectivity index (χ3v) is 13.0. The van der Waals surface area contributed by atoms with E-state index in [1.165, 1.54) is 24.1 Å². The number of allylic oxidation sites excluding steroid dienone is 2. The average Bonchev–Trinajstić information content (AvgIpc) is 3.42. The number of phenolic OH excluding ortho intramolecular Hbond substituents is 1. The van der Waals surface area contributed by atoms with E-state index in [-0.39, 0.29) is 43.9 Å². The second-order valence-electron chi connectivity index (χ2n) is 13.1. The van der Waals surface area contributed by atoms with Crippen molar-refractivity contribution >= 4 is 75.1 Å². The summed E-state index contributed by atoms with van der Waals surface area (Å²) in [5.41, 5.74) is -1.39. The van der Waals surface area contributed by atoms with Gasteiger partial charge in [0.1, 0.15) is 5.69 Å². The highest BCUT2D eigenvalue weighted by Gasteiger charge is 2.77. The summed E-state index contributed by atoms with van der Waals surface area (Å²) in [7, 11) is 1.25. The van der Waals surface area contributed by atoms with Gasteiger partial charge in [-0.15, -0.1) is 23.2 Å². The zero-order valence-corrected chi connectivity index (χ0v) is 29.1. The molecule has 4 fully saturated rings. The molecule has 8 nitrogen and oxygen atoms in total. The number of ether oxygens (including phenoxy) is 1. The van der Waals surface area contributed by atoms with Crippen molar-refractivity contribution in [3.05, 3.63) is 62.0 Å². The molecule has 2 heterocycles. The molecule has 1 N–H and O–H groups in total. The Morgan fingerprint density at radius 3 is 2.10 bits per heavy atom. The van der Waals surface area contributed by atoms with Crippen molar-refractivity contribution in [1.82, 2.24) is 4.90 Å². The molecule has 2 saturated carbocycles. The first-order chi connectivity index (χ1) is 23.1. The van der Waals surface area contributed by atoms with E-state index >= 15 is 8.78 Å². The number of hydrogen-bond acceptors (Lipinski definition) is 6. The molecule has 16 heteroatoms. The zero-order valence-electron chi connectivity index (χ0n) is 25.5. The number of fused-ring (bicyclic) bond motifs is 4. The highest BCUT2D eigenvalue weighted by Crippen LogP contribution is 2.66. The molecule has 2 aliphatic heterocycles. The molecule has 3 aliphatic carbocycles. The van der Waals surface area contributed by atoms with E-state index in [1.54, 1.807) is 28.7 Å². The number of alkyl halides is 2. The molecule has 260 valence electrons. The van der Waals surface area contributed by atoms with E-state index in [4.69, 9.17) is 27.9 Å². The molecule has 7 rings (SSSR count). The van der Waals surface area contributed by atoms with Gasteiger partial charge in [-0.1, -0.05) is 30.9 Å². The first-order valence-electron chi connectivity index (χ1n) is 15.5. The van der Waals surface area contributed by atoms with Crippen LogP contribution in [0.2, 0.25) is 0 Å². The summed E-state index contributed by atoms with van der Waals surface area (Å²) in [6.07, 6.45) is 4.99. The van der Waals surface area contributed by atoms with Gasteiger partial charge in [-0.2, -0.15) is 0 Å². The van der Waals surface area contributed by atoms with Crippen molar-refractivity contribution in [3.63, 3.8) is 0 Å². The maximum atomic E-state index is 15.2. The minimum atomic E-state index is -2.67. The quantitative estimate of drug-likeness (QED) is 0.0709. The Balaban J connectivity index is 1.44. The number of benzene rings is 2. The molecule has 4 amide bonds. The minimum absolute atomic E-state index is 0.0544. The van der Waals surface area contributed by atoms with Gasteiger partial charge in [0.05, 0.1) is 22.5 Å². The Morgan fingerprint density at radius 1 is 0.878 bits per heavy atom. The van der Waals surface area contributed by atoms with E-state index in [0.717, 1.165) is 19.3 Å². The van der Waals surface area contributed by atoms with Crippen molar-refractivity contribution < 1.29 is 51.0 Å². The topological polar surface area (TPSA) is 104 Å². The van der Waals surface area contributed by atoms with Gasteiger partial charge in [-0.25, -0.2) is 26.9 Å². The van der Waals surface area contributed by atoms with Crippen LogP contribution in [0.5, 0.6) is 11.5 Å². The van der Waals surface area contributed by atoms with Crippen molar-refractivity contribution in [2.24, 2.45) is 17.8 Å². The summed E-state index contributed by atoms with van der Waals surface area (Å²) in [4.78, 5) is 52.5. The summed E-state index contributed by atoms with van der Waals surface area (Å²) < 4.78 is 78.9. The monoisotopic (exact) mass is 838 g/mol. The molecular formula is C33H26Cl2F5IN2O6. The fourth-order valence-corrected chi connectivity index (χ4v) is 10.1. The molecule has 0 unspecified atom stereocenters. The Labute approximate surface area is 299 Å². The number of phenols is 1. The number of methoxy groups -OCH3 is 1. The van der Waals surface area contributed by atoms with Crippen molar-refractivity contribution in [3.8, 4) is 11.5 Å². The van der Waals surface area contributed by atoms with Crippen LogP contribution in [-0.4, -0.2) is 56.5 Å². The number of amides is 4. The van der Waals surface area contributed by atoms with Gasteiger partial charge in [0, 0.05) is 12.0 Å². The van der Waals surface area contributed by atoms with E-state index in [9.17, 15) is 37.5 Å². The van der Waals surface area contributed by atoms with Crippen LogP contribution >= 0.6 is 45.8 Å². The Morgan fingerprint density at radius 2 is 1.49 bits per heavy atom. The lowest BCUT2D eigenvalue weighted by Gasteiger charge is -2.50. The molecule has 5 aliphatic rings. The third kappa shape index (κ3) is 4.50. The summed E-state index contributed by atoms with van der Waals surface area (Å²) in [5.74, 6) is -20.9. The van der Waals surface area contributed by atoms with Crippen LogP contribution in [0, 0.1) is 50.4 Å². The van der Waals surface area contributed by atoms with Gasteiger partial charge in [0.15, 0.2) is 44.5 Å². The first-order valence-corrected chi connectivity index (χ1v) is 17.4. The molecule has 2 aromatic carbocycles. The van der Waals surface area contributed by atoms with Gasteiger partial charge < -0.3 is 9.84 Å². The Bertz CT molecular complexity index is 1880. The van der Waals surface area contributed by atoms with Crippen molar-refractivity contribution in [2.75, 3.05) is 12.0 Å². The van der Waals surface area contributed by atoms with Crippen LogP contribution in [0.15, 0.2) is 23.8 Å². The number of imide groups is 2. The average molecular weight is 839 g/mol. The van der Waals surface area contributed by atoms with Crippen LogP contribution in [-0.2, 0) is 19.2 Å². The molecule has 49 heavy (non-hydrogen) atoms. The van der Waals surface area contributed by atoms with Crippen LogP contribution in [0.3, 0.4) is 0 Å². The maximum Gasteiger partial charge on any atom is 0.258 e. The number of likely N-dealkylation sites (tertiary alicyclic amines) is 1. The van der Waals surface area contributed by atoms with Crippen molar-refractivity contribution in [2.45, 2.75) is 66.7 Å². The lowest BCUT2D eigenvalue weighted by Crippen LogP contribution is -2.60.